The van der Waals surface area contributed by atoms with E-state index in [2.05, 4.69) is 10.3 Å². The molecule has 0 saturated heterocycles. The Hall–Kier alpha value is -2.22. The van der Waals surface area contributed by atoms with Gasteiger partial charge in [-0.25, -0.2) is 4.98 Å². The SMILES string of the molecule is CC(CCC(=O)O)CNC(=O)c1cc(Cl)ncc1[N+](=O)[O-]. The molecule has 0 spiro atoms. The number of rotatable bonds is 7. The standard InChI is InChI=1S/C12H14ClN3O5/c1-7(2-3-11(17)18)5-15-12(19)8-4-10(13)14-6-9(8)16(20)21/h4,6-7H,2-3,5H2,1H3,(H,15,19)(H,17,18). The van der Waals surface area contributed by atoms with E-state index in [1.54, 1.807) is 6.92 Å². The summed E-state index contributed by atoms with van der Waals surface area (Å²) in [5.74, 6) is -1.63. The number of hydrogen-bond donors (Lipinski definition) is 2. The molecule has 0 fully saturated rings. The average Bonchev–Trinajstić information content (AvgIpc) is 2.41. The van der Waals surface area contributed by atoms with Crippen molar-refractivity contribution in [2.75, 3.05) is 6.54 Å². The summed E-state index contributed by atoms with van der Waals surface area (Å²) in [4.78, 5) is 36.1. The maximum absolute atomic E-state index is 11.9. The Morgan fingerprint density at radius 3 is 2.81 bits per heavy atom. The van der Waals surface area contributed by atoms with E-state index >= 15 is 0 Å². The number of nitro groups is 1. The summed E-state index contributed by atoms with van der Waals surface area (Å²) < 4.78 is 0. The molecule has 9 heteroatoms. The van der Waals surface area contributed by atoms with Crippen molar-refractivity contribution >= 4 is 29.2 Å². The highest BCUT2D eigenvalue weighted by atomic mass is 35.5. The molecule has 1 rings (SSSR count). The van der Waals surface area contributed by atoms with E-state index < -0.39 is 22.5 Å². The van der Waals surface area contributed by atoms with Gasteiger partial charge in [0.1, 0.15) is 16.9 Å². The Balaban J connectivity index is 2.69. The number of aromatic nitrogens is 1. The van der Waals surface area contributed by atoms with Crippen molar-refractivity contribution < 1.29 is 19.6 Å². The molecule has 1 aromatic rings. The van der Waals surface area contributed by atoms with Gasteiger partial charge in [0.25, 0.3) is 11.6 Å². The fraction of sp³-hybridized carbons (Fsp3) is 0.417. The number of carboxylic acid groups (broad SMARTS) is 1. The number of nitrogens with one attached hydrogen (secondary N) is 1. The Morgan fingerprint density at radius 1 is 1.57 bits per heavy atom. The minimum absolute atomic E-state index is 0.00172. The number of halogens is 1. The average molecular weight is 316 g/mol. The van der Waals surface area contributed by atoms with Gasteiger partial charge in [0.2, 0.25) is 0 Å². The molecule has 0 aliphatic rings. The van der Waals surface area contributed by atoms with Gasteiger partial charge in [-0.3, -0.25) is 19.7 Å². The molecule has 0 saturated carbocycles. The number of hydrogen-bond acceptors (Lipinski definition) is 5. The van der Waals surface area contributed by atoms with Crippen LogP contribution in [-0.2, 0) is 4.79 Å². The van der Waals surface area contributed by atoms with Crippen LogP contribution in [0.15, 0.2) is 12.3 Å². The first kappa shape index (κ1) is 16.8. The molecular formula is C12H14ClN3O5. The fourth-order valence-electron chi connectivity index (χ4n) is 1.58. The van der Waals surface area contributed by atoms with Crippen LogP contribution in [0.5, 0.6) is 0 Å². The highest BCUT2D eigenvalue weighted by Gasteiger charge is 2.21. The molecule has 1 heterocycles. The lowest BCUT2D eigenvalue weighted by atomic mass is 10.1. The van der Waals surface area contributed by atoms with Crippen LogP contribution in [0.1, 0.15) is 30.1 Å². The van der Waals surface area contributed by atoms with Crippen molar-refractivity contribution in [3.05, 3.63) is 33.1 Å². The number of amides is 1. The summed E-state index contributed by atoms with van der Waals surface area (Å²) in [5.41, 5.74) is -0.611. The van der Waals surface area contributed by atoms with Crippen molar-refractivity contribution in [2.45, 2.75) is 19.8 Å². The van der Waals surface area contributed by atoms with E-state index in [9.17, 15) is 19.7 Å². The number of nitrogens with zero attached hydrogens (tertiary/aromatic N) is 2. The topological polar surface area (TPSA) is 122 Å². The Morgan fingerprint density at radius 2 is 2.24 bits per heavy atom. The zero-order valence-corrected chi connectivity index (χ0v) is 12.0. The molecule has 21 heavy (non-hydrogen) atoms. The third-order valence-corrected chi connectivity index (χ3v) is 2.96. The van der Waals surface area contributed by atoms with Crippen LogP contribution in [0.3, 0.4) is 0 Å². The van der Waals surface area contributed by atoms with Crippen molar-refractivity contribution in [3.8, 4) is 0 Å². The minimum atomic E-state index is -0.912. The number of pyridine rings is 1. The largest absolute Gasteiger partial charge is 0.481 e. The van der Waals surface area contributed by atoms with Crippen LogP contribution in [0, 0.1) is 16.0 Å². The third kappa shape index (κ3) is 5.35. The van der Waals surface area contributed by atoms with Gasteiger partial charge in [0.15, 0.2) is 0 Å². The summed E-state index contributed by atoms with van der Waals surface area (Å²) in [6.45, 7) is 1.99. The first-order chi connectivity index (χ1) is 9.81. The van der Waals surface area contributed by atoms with Crippen LogP contribution in [0.2, 0.25) is 5.15 Å². The minimum Gasteiger partial charge on any atom is -0.481 e. The Kier molecular flexibility index (Phi) is 6.04. The molecule has 1 aromatic heterocycles. The fourth-order valence-corrected chi connectivity index (χ4v) is 1.74. The number of carbonyl (C=O) groups excluding carboxylic acids is 1. The van der Waals surface area contributed by atoms with Crippen LogP contribution in [0.4, 0.5) is 5.69 Å². The van der Waals surface area contributed by atoms with Crippen LogP contribution < -0.4 is 5.32 Å². The predicted octanol–water partition coefficient (Wildman–Crippen LogP) is 1.87. The molecule has 1 amide bonds. The predicted molar refractivity (Wildman–Crippen MR) is 74.3 cm³/mol. The molecule has 0 aromatic carbocycles. The van der Waals surface area contributed by atoms with E-state index in [1.807, 2.05) is 0 Å². The molecule has 0 aliphatic carbocycles. The van der Waals surface area contributed by atoms with Gasteiger partial charge < -0.3 is 10.4 Å². The lowest BCUT2D eigenvalue weighted by molar-refractivity contribution is -0.385. The number of aliphatic carboxylic acids is 1. The van der Waals surface area contributed by atoms with Crippen LogP contribution in [0.25, 0.3) is 0 Å². The molecule has 1 unspecified atom stereocenters. The summed E-state index contributed by atoms with van der Waals surface area (Å²) >= 11 is 5.63. The van der Waals surface area contributed by atoms with Gasteiger partial charge in [0.05, 0.1) is 4.92 Å². The maximum atomic E-state index is 11.9. The van der Waals surface area contributed by atoms with Gasteiger partial charge >= 0.3 is 5.97 Å². The van der Waals surface area contributed by atoms with Gasteiger partial charge in [-0.15, -0.1) is 0 Å². The second kappa shape index (κ2) is 7.53. The van der Waals surface area contributed by atoms with Gasteiger partial charge in [0, 0.05) is 13.0 Å². The smallest absolute Gasteiger partial charge is 0.303 e. The van der Waals surface area contributed by atoms with Gasteiger partial charge in [-0.2, -0.15) is 0 Å². The first-order valence-electron chi connectivity index (χ1n) is 6.11. The van der Waals surface area contributed by atoms with Crippen LogP contribution in [-0.4, -0.2) is 33.4 Å². The second-order valence-corrected chi connectivity index (χ2v) is 4.92. The number of carbonyl (C=O) groups is 2. The molecule has 1 atom stereocenters. The van der Waals surface area contributed by atoms with E-state index in [-0.39, 0.29) is 29.6 Å². The molecule has 8 nitrogen and oxygen atoms in total. The highest BCUT2D eigenvalue weighted by Crippen LogP contribution is 2.20. The summed E-state index contributed by atoms with van der Waals surface area (Å²) in [6, 6.07) is 1.12. The molecule has 0 aliphatic heterocycles. The quantitative estimate of drug-likeness (QED) is 0.450. The zero-order valence-electron chi connectivity index (χ0n) is 11.2. The van der Waals surface area contributed by atoms with Crippen molar-refractivity contribution in [2.24, 2.45) is 5.92 Å². The lowest BCUT2D eigenvalue weighted by Crippen LogP contribution is -2.29. The Bertz CT molecular complexity index is 564. The Labute approximate surface area is 125 Å². The maximum Gasteiger partial charge on any atom is 0.303 e. The highest BCUT2D eigenvalue weighted by molar-refractivity contribution is 6.29. The van der Waals surface area contributed by atoms with Crippen LogP contribution >= 0.6 is 11.6 Å². The van der Waals surface area contributed by atoms with E-state index in [0.717, 1.165) is 12.3 Å². The summed E-state index contributed by atoms with van der Waals surface area (Å²) in [6.07, 6.45) is 1.32. The molecule has 2 N–H and O–H groups in total. The van der Waals surface area contributed by atoms with Crippen molar-refractivity contribution in [3.63, 3.8) is 0 Å². The number of carboxylic acids is 1. The lowest BCUT2D eigenvalue weighted by Gasteiger charge is -2.11. The molecule has 0 radical (unpaired) electrons. The zero-order chi connectivity index (χ0) is 16.0. The monoisotopic (exact) mass is 315 g/mol. The molecule has 0 bridgehead atoms. The molecular weight excluding hydrogens is 302 g/mol. The van der Waals surface area contributed by atoms with Gasteiger partial charge in [-0.1, -0.05) is 18.5 Å². The van der Waals surface area contributed by atoms with E-state index in [1.165, 1.54) is 0 Å². The second-order valence-electron chi connectivity index (χ2n) is 4.53. The summed E-state index contributed by atoms with van der Waals surface area (Å²) in [5, 5.41) is 21.9. The van der Waals surface area contributed by atoms with E-state index in [4.69, 9.17) is 16.7 Å². The normalized spacial score (nSPS) is 11.7. The third-order valence-electron chi connectivity index (χ3n) is 2.75. The molecule has 114 valence electrons. The first-order valence-corrected chi connectivity index (χ1v) is 6.49. The summed E-state index contributed by atoms with van der Waals surface area (Å²) in [7, 11) is 0. The van der Waals surface area contributed by atoms with Crippen molar-refractivity contribution in [1.82, 2.24) is 10.3 Å². The van der Waals surface area contributed by atoms with E-state index in [0.29, 0.717) is 6.42 Å². The van der Waals surface area contributed by atoms with Gasteiger partial charge in [-0.05, 0) is 18.4 Å². The van der Waals surface area contributed by atoms with Crippen molar-refractivity contribution in [1.29, 1.82) is 0 Å².